The summed E-state index contributed by atoms with van der Waals surface area (Å²) in [5, 5.41) is 12.5. The van der Waals surface area contributed by atoms with E-state index in [0.29, 0.717) is 18.0 Å². The van der Waals surface area contributed by atoms with Gasteiger partial charge in [0.2, 0.25) is 5.91 Å². The van der Waals surface area contributed by atoms with Crippen molar-refractivity contribution in [3.05, 3.63) is 28.8 Å². The number of aromatic hydroxyl groups is 1. The number of carbonyl (C=O) groups is 1. The Hall–Kier alpha value is -1.22. The zero-order chi connectivity index (χ0) is 14.8. The van der Waals surface area contributed by atoms with Crippen LogP contribution in [0.15, 0.2) is 18.2 Å². The lowest BCUT2D eigenvalue weighted by Crippen LogP contribution is -2.22. The van der Waals surface area contributed by atoms with Gasteiger partial charge in [-0.15, -0.1) is 0 Å². The second kappa shape index (κ2) is 9.65. The van der Waals surface area contributed by atoms with Gasteiger partial charge >= 0.3 is 0 Å². The first kappa shape index (κ1) is 16.8. The number of phenols is 1. The topological polar surface area (TPSA) is 49.3 Å². The number of rotatable bonds is 9. The zero-order valence-electron chi connectivity index (χ0n) is 12.1. The van der Waals surface area contributed by atoms with E-state index in [4.69, 9.17) is 11.6 Å². The highest BCUT2D eigenvalue weighted by Crippen LogP contribution is 2.23. The van der Waals surface area contributed by atoms with Gasteiger partial charge < -0.3 is 10.4 Å². The maximum absolute atomic E-state index is 11.7. The van der Waals surface area contributed by atoms with Crippen molar-refractivity contribution in [1.29, 1.82) is 0 Å². The molecule has 0 heterocycles. The first-order chi connectivity index (χ1) is 9.63. The molecule has 1 amide bonds. The minimum absolute atomic E-state index is 0.0637. The van der Waals surface area contributed by atoms with Gasteiger partial charge in [-0.05, 0) is 24.1 Å². The molecule has 0 aliphatic carbocycles. The van der Waals surface area contributed by atoms with E-state index < -0.39 is 0 Å². The van der Waals surface area contributed by atoms with Gasteiger partial charge in [0.1, 0.15) is 5.75 Å². The molecular formula is C16H24ClNO2. The Bertz CT molecular complexity index is 421. The maximum atomic E-state index is 11.7. The molecule has 0 radical (unpaired) electrons. The van der Waals surface area contributed by atoms with Crippen molar-refractivity contribution >= 4 is 17.5 Å². The number of nitrogens with one attached hydrogen (secondary N) is 1. The van der Waals surface area contributed by atoms with Crippen LogP contribution in [0.1, 0.15) is 57.4 Å². The second-order valence-corrected chi connectivity index (χ2v) is 5.49. The molecule has 0 aliphatic rings. The van der Waals surface area contributed by atoms with Gasteiger partial charge in [-0.25, -0.2) is 0 Å². The lowest BCUT2D eigenvalue weighted by Gasteiger charge is -2.06. The van der Waals surface area contributed by atoms with Crippen molar-refractivity contribution in [2.24, 2.45) is 0 Å². The van der Waals surface area contributed by atoms with Crippen molar-refractivity contribution in [2.45, 2.75) is 58.4 Å². The molecule has 3 nitrogen and oxygen atoms in total. The van der Waals surface area contributed by atoms with Crippen molar-refractivity contribution in [2.75, 3.05) is 0 Å². The molecule has 112 valence electrons. The molecule has 0 saturated carbocycles. The number of amides is 1. The van der Waals surface area contributed by atoms with Gasteiger partial charge in [0.15, 0.2) is 0 Å². The Morgan fingerprint density at radius 2 is 1.90 bits per heavy atom. The molecule has 0 bridgehead atoms. The summed E-state index contributed by atoms with van der Waals surface area (Å²) in [5.74, 6) is 0.138. The minimum Gasteiger partial charge on any atom is -0.506 e. The normalized spacial score (nSPS) is 10.5. The van der Waals surface area contributed by atoms with Crippen molar-refractivity contribution in [1.82, 2.24) is 5.32 Å². The van der Waals surface area contributed by atoms with Crippen molar-refractivity contribution < 1.29 is 9.90 Å². The molecule has 1 aromatic carbocycles. The first-order valence-electron chi connectivity index (χ1n) is 7.37. The molecule has 4 heteroatoms. The van der Waals surface area contributed by atoms with Crippen LogP contribution in [0.5, 0.6) is 5.75 Å². The van der Waals surface area contributed by atoms with E-state index in [-0.39, 0.29) is 11.7 Å². The fourth-order valence-electron chi connectivity index (χ4n) is 2.02. The SMILES string of the molecule is CCCCCCCCC(=O)NCc1ccc(O)c(Cl)c1. The molecule has 0 spiro atoms. The molecule has 20 heavy (non-hydrogen) atoms. The minimum atomic E-state index is 0.0637. The summed E-state index contributed by atoms with van der Waals surface area (Å²) in [5.41, 5.74) is 0.893. The van der Waals surface area contributed by atoms with Gasteiger partial charge in [0, 0.05) is 13.0 Å². The molecule has 0 aliphatic heterocycles. The Morgan fingerprint density at radius 3 is 2.60 bits per heavy atom. The van der Waals surface area contributed by atoms with Gasteiger partial charge in [0.25, 0.3) is 0 Å². The number of benzene rings is 1. The summed E-state index contributed by atoms with van der Waals surface area (Å²) in [6.07, 6.45) is 7.67. The highest BCUT2D eigenvalue weighted by molar-refractivity contribution is 6.32. The molecule has 0 saturated heterocycles. The third-order valence-electron chi connectivity index (χ3n) is 3.26. The molecule has 0 fully saturated rings. The summed E-state index contributed by atoms with van der Waals surface area (Å²) in [6, 6.07) is 4.96. The molecule has 0 aromatic heterocycles. The molecule has 0 unspecified atom stereocenters. The lowest BCUT2D eigenvalue weighted by atomic mass is 10.1. The van der Waals surface area contributed by atoms with E-state index in [9.17, 15) is 9.90 Å². The maximum Gasteiger partial charge on any atom is 0.220 e. The summed E-state index contributed by atoms with van der Waals surface area (Å²) in [7, 11) is 0. The Labute approximate surface area is 126 Å². The molecule has 1 rings (SSSR count). The van der Waals surface area contributed by atoms with Gasteiger partial charge in [-0.2, -0.15) is 0 Å². The summed E-state index contributed by atoms with van der Waals surface area (Å²) >= 11 is 5.81. The van der Waals surface area contributed by atoms with Crippen LogP contribution in [0.3, 0.4) is 0 Å². The van der Waals surface area contributed by atoms with Crippen LogP contribution in [-0.4, -0.2) is 11.0 Å². The van der Waals surface area contributed by atoms with Crippen LogP contribution in [0.25, 0.3) is 0 Å². The number of unbranched alkanes of at least 4 members (excludes halogenated alkanes) is 5. The van der Waals surface area contributed by atoms with E-state index in [1.54, 1.807) is 12.1 Å². The Kier molecular flexibility index (Phi) is 8.12. The van der Waals surface area contributed by atoms with Crippen LogP contribution in [0.4, 0.5) is 0 Å². The number of hydrogen-bond acceptors (Lipinski definition) is 2. The fraction of sp³-hybridized carbons (Fsp3) is 0.562. The highest BCUT2D eigenvalue weighted by Gasteiger charge is 2.03. The first-order valence-corrected chi connectivity index (χ1v) is 7.75. The van der Waals surface area contributed by atoms with Crippen LogP contribution in [0.2, 0.25) is 5.02 Å². The fourth-order valence-corrected chi connectivity index (χ4v) is 2.22. The average molecular weight is 298 g/mol. The quantitative estimate of drug-likeness (QED) is 0.663. The van der Waals surface area contributed by atoms with Gasteiger partial charge in [-0.1, -0.05) is 56.7 Å². The van der Waals surface area contributed by atoms with Gasteiger partial charge in [0.05, 0.1) is 5.02 Å². The van der Waals surface area contributed by atoms with E-state index in [0.717, 1.165) is 18.4 Å². The average Bonchev–Trinajstić information content (AvgIpc) is 2.44. The summed E-state index contributed by atoms with van der Waals surface area (Å²) in [4.78, 5) is 11.7. The molecule has 1 aromatic rings. The standard InChI is InChI=1S/C16H24ClNO2/c1-2-3-4-5-6-7-8-16(20)18-12-13-9-10-15(19)14(17)11-13/h9-11,19H,2-8,12H2,1H3,(H,18,20). The second-order valence-electron chi connectivity index (χ2n) is 5.08. The molecule has 0 atom stereocenters. The predicted octanol–water partition coefficient (Wildman–Crippen LogP) is 4.41. The highest BCUT2D eigenvalue weighted by atomic mass is 35.5. The lowest BCUT2D eigenvalue weighted by molar-refractivity contribution is -0.121. The third-order valence-corrected chi connectivity index (χ3v) is 3.56. The van der Waals surface area contributed by atoms with E-state index in [1.165, 1.54) is 31.7 Å². The van der Waals surface area contributed by atoms with E-state index >= 15 is 0 Å². The summed E-state index contributed by atoms with van der Waals surface area (Å²) in [6.45, 7) is 2.65. The number of halogens is 1. The number of phenolic OH excluding ortho intramolecular Hbond substituents is 1. The smallest absolute Gasteiger partial charge is 0.220 e. The number of carbonyl (C=O) groups excluding carboxylic acids is 1. The third kappa shape index (κ3) is 6.80. The van der Waals surface area contributed by atoms with Gasteiger partial charge in [-0.3, -0.25) is 4.79 Å². The largest absolute Gasteiger partial charge is 0.506 e. The predicted molar refractivity (Wildman–Crippen MR) is 83.0 cm³/mol. The molecular weight excluding hydrogens is 274 g/mol. The van der Waals surface area contributed by atoms with Crippen LogP contribution in [0, 0.1) is 0 Å². The Morgan fingerprint density at radius 1 is 1.20 bits per heavy atom. The van der Waals surface area contributed by atoms with Crippen LogP contribution in [-0.2, 0) is 11.3 Å². The number of hydrogen-bond donors (Lipinski definition) is 2. The Balaban J connectivity index is 2.15. The van der Waals surface area contributed by atoms with Crippen molar-refractivity contribution in [3.63, 3.8) is 0 Å². The molecule has 2 N–H and O–H groups in total. The van der Waals surface area contributed by atoms with E-state index in [2.05, 4.69) is 12.2 Å². The summed E-state index contributed by atoms with van der Waals surface area (Å²) < 4.78 is 0. The van der Waals surface area contributed by atoms with Crippen LogP contribution < -0.4 is 5.32 Å². The van der Waals surface area contributed by atoms with Crippen molar-refractivity contribution in [3.8, 4) is 5.75 Å². The zero-order valence-corrected chi connectivity index (χ0v) is 12.9. The monoisotopic (exact) mass is 297 g/mol. The van der Waals surface area contributed by atoms with E-state index in [1.807, 2.05) is 0 Å². The van der Waals surface area contributed by atoms with Crippen LogP contribution >= 0.6 is 11.6 Å².